The topological polar surface area (TPSA) is 48.3 Å². The van der Waals surface area contributed by atoms with Crippen LogP contribution in [0.25, 0.3) is 0 Å². The van der Waals surface area contributed by atoms with E-state index in [0.29, 0.717) is 6.10 Å². The van der Waals surface area contributed by atoms with Crippen molar-refractivity contribution in [2.45, 2.75) is 31.9 Å². The molecule has 4 heteroatoms. The van der Waals surface area contributed by atoms with Gasteiger partial charge in [-0.25, -0.2) is 0 Å². The average Bonchev–Trinajstić information content (AvgIpc) is 2.72. The number of nitriles is 1. The van der Waals surface area contributed by atoms with Gasteiger partial charge in [0.05, 0.1) is 18.2 Å². The first-order valence-electron chi connectivity index (χ1n) is 5.68. The number of methoxy groups -OCH3 is 1. The summed E-state index contributed by atoms with van der Waals surface area (Å²) in [4.78, 5) is 2.37. The highest BCUT2D eigenvalue weighted by molar-refractivity contribution is 4.90. The van der Waals surface area contributed by atoms with Gasteiger partial charge in [-0.15, -0.1) is 0 Å². The highest BCUT2D eigenvalue weighted by atomic mass is 16.5. The Hall–Kier alpha value is -0.630. The molecule has 1 saturated heterocycles. The lowest BCUT2D eigenvalue weighted by Gasteiger charge is -2.17. The van der Waals surface area contributed by atoms with Crippen LogP contribution in [-0.2, 0) is 4.74 Å². The molecule has 1 fully saturated rings. The largest absolute Gasteiger partial charge is 0.380 e. The summed E-state index contributed by atoms with van der Waals surface area (Å²) in [5, 5.41) is 12.0. The van der Waals surface area contributed by atoms with Gasteiger partial charge < -0.3 is 15.0 Å². The minimum absolute atomic E-state index is 0.00315. The van der Waals surface area contributed by atoms with Crippen LogP contribution in [0, 0.1) is 11.3 Å². The van der Waals surface area contributed by atoms with Gasteiger partial charge in [0, 0.05) is 26.7 Å². The summed E-state index contributed by atoms with van der Waals surface area (Å²) in [6.07, 6.45) is 2.42. The van der Waals surface area contributed by atoms with Crippen molar-refractivity contribution in [2.24, 2.45) is 0 Å². The molecule has 0 radical (unpaired) electrons. The summed E-state index contributed by atoms with van der Waals surface area (Å²) < 4.78 is 5.30. The van der Waals surface area contributed by atoms with Crippen LogP contribution in [0.15, 0.2) is 0 Å². The molecule has 86 valence electrons. The van der Waals surface area contributed by atoms with Crippen molar-refractivity contribution in [3.63, 3.8) is 0 Å². The molecule has 0 aromatic carbocycles. The highest BCUT2D eigenvalue weighted by Gasteiger charge is 2.22. The molecule has 1 aliphatic rings. The summed E-state index contributed by atoms with van der Waals surface area (Å²) in [7, 11) is 1.77. The molecule has 1 N–H and O–H groups in total. The number of nitrogens with one attached hydrogen (secondary N) is 1. The third-order valence-corrected chi connectivity index (χ3v) is 2.90. The average molecular weight is 211 g/mol. The molecule has 2 atom stereocenters. The van der Waals surface area contributed by atoms with Crippen molar-refractivity contribution >= 4 is 0 Å². The zero-order valence-corrected chi connectivity index (χ0v) is 9.70. The Labute approximate surface area is 92.2 Å². The maximum Gasteiger partial charge on any atom is 0.0965 e. The molecule has 0 aliphatic carbocycles. The minimum Gasteiger partial charge on any atom is -0.380 e. The van der Waals surface area contributed by atoms with Crippen LogP contribution in [0.2, 0.25) is 0 Å². The smallest absolute Gasteiger partial charge is 0.0965 e. The fraction of sp³-hybridized carbons (Fsp3) is 0.909. The van der Waals surface area contributed by atoms with Crippen molar-refractivity contribution in [3.05, 3.63) is 0 Å². The van der Waals surface area contributed by atoms with Gasteiger partial charge in [-0.1, -0.05) is 6.92 Å². The lowest BCUT2D eigenvalue weighted by atomic mass is 10.2. The molecule has 1 rings (SSSR count). The molecule has 4 nitrogen and oxygen atoms in total. The van der Waals surface area contributed by atoms with Crippen molar-refractivity contribution in [1.82, 2.24) is 10.2 Å². The van der Waals surface area contributed by atoms with Crippen LogP contribution in [0.1, 0.15) is 19.8 Å². The number of hydrogen-bond acceptors (Lipinski definition) is 4. The highest BCUT2D eigenvalue weighted by Crippen LogP contribution is 2.12. The monoisotopic (exact) mass is 211 g/mol. The fourth-order valence-electron chi connectivity index (χ4n) is 1.96. The molecule has 15 heavy (non-hydrogen) atoms. The molecule has 1 aliphatic heterocycles. The van der Waals surface area contributed by atoms with Gasteiger partial charge in [-0.05, 0) is 19.4 Å². The normalized spacial score (nSPS) is 23.9. The van der Waals surface area contributed by atoms with Crippen molar-refractivity contribution in [2.75, 3.05) is 33.3 Å². The van der Waals surface area contributed by atoms with E-state index in [1.807, 2.05) is 6.92 Å². The Morgan fingerprint density at radius 2 is 2.47 bits per heavy atom. The lowest BCUT2D eigenvalue weighted by molar-refractivity contribution is 0.108. The summed E-state index contributed by atoms with van der Waals surface area (Å²) in [6, 6.07) is 2.28. The third-order valence-electron chi connectivity index (χ3n) is 2.90. The van der Waals surface area contributed by atoms with Gasteiger partial charge in [-0.2, -0.15) is 5.26 Å². The van der Waals surface area contributed by atoms with Gasteiger partial charge in [-0.3, -0.25) is 0 Å². The van der Waals surface area contributed by atoms with Crippen LogP contribution in [0.4, 0.5) is 0 Å². The fourth-order valence-corrected chi connectivity index (χ4v) is 1.96. The zero-order valence-electron chi connectivity index (χ0n) is 9.70. The first-order chi connectivity index (χ1) is 7.30. The third kappa shape index (κ3) is 4.17. The van der Waals surface area contributed by atoms with Crippen LogP contribution in [0.3, 0.4) is 0 Å². The molecular weight excluding hydrogens is 190 g/mol. The maximum absolute atomic E-state index is 8.87. The first kappa shape index (κ1) is 12.4. The van der Waals surface area contributed by atoms with Gasteiger partial charge in [0.15, 0.2) is 0 Å². The van der Waals surface area contributed by atoms with E-state index in [4.69, 9.17) is 10.00 Å². The molecule has 0 amide bonds. The molecule has 0 saturated carbocycles. The predicted octanol–water partition coefficient (Wildman–Crippen LogP) is 0.599. The van der Waals surface area contributed by atoms with Crippen LogP contribution in [0.5, 0.6) is 0 Å². The summed E-state index contributed by atoms with van der Waals surface area (Å²) in [5.41, 5.74) is 0. The molecule has 0 aromatic rings. The van der Waals surface area contributed by atoms with E-state index >= 15 is 0 Å². The summed E-state index contributed by atoms with van der Waals surface area (Å²) in [5.74, 6) is 0. The number of ether oxygens (including phenoxy) is 1. The molecular formula is C11H21N3O. The van der Waals surface area contributed by atoms with Crippen molar-refractivity contribution < 1.29 is 4.74 Å². The van der Waals surface area contributed by atoms with E-state index in [2.05, 4.69) is 16.3 Å². The van der Waals surface area contributed by atoms with E-state index in [1.54, 1.807) is 7.11 Å². The molecule has 0 spiro atoms. The van der Waals surface area contributed by atoms with Gasteiger partial charge in [0.1, 0.15) is 0 Å². The Morgan fingerprint density at radius 3 is 3.00 bits per heavy atom. The van der Waals surface area contributed by atoms with Crippen LogP contribution in [-0.4, -0.2) is 50.3 Å². The van der Waals surface area contributed by atoms with Crippen LogP contribution < -0.4 is 5.32 Å². The second kappa shape index (κ2) is 6.78. The Morgan fingerprint density at radius 1 is 1.67 bits per heavy atom. The Kier molecular flexibility index (Phi) is 5.62. The number of likely N-dealkylation sites (tertiary alicyclic amines) is 1. The zero-order chi connectivity index (χ0) is 11.1. The van der Waals surface area contributed by atoms with Gasteiger partial charge in [0.25, 0.3) is 0 Å². The summed E-state index contributed by atoms with van der Waals surface area (Å²) in [6.45, 7) is 5.99. The Bertz CT molecular complexity index is 214. The second-order valence-electron chi connectivity index (χ2n) is 3.98. The SMILES string of the molecule is CCNC(C#N)CCN1CCC(OC)C1. The van der Waals surface area contributed by atoms with Crippen LogP contribution >= 0.6 is 0 Å². The Balaban J connectivity index is 2.17. The van der Waals surface area contributed by atoms with Gasteiger partial charge in [0.2, 0.25) is 0 Å². The minimum atomic E-state index is -0.00315. The van der Waals surface area contributed by atoms with E-state index in [1.165, 1.54) is 0 Å². The molecule has 0 aromatic heterocycles. The van der Waals surface area contributed by atoms with E-state index in [-0.39, 0.29) is 6.04 Å². The quantitative estimate of drug-likeness (QED) is 0.699. The molecule has 0 bridgehead atoms. The number of hydrogen-bond donors (Lipinski definition) is 1. The van der Waals surface area contributed by atoms with Crippen molar-refractivity contribution in [3.8, 4) is 6.07 Å². The van der Waals surface area contributed by atoms with E-state index in [0.717, 1.165) is 39.0 Å². The number of nitrogens with zero attached hydrogens (tertiary/aromatic N) is 2. The number of rotatable bonds is 6. The summed E-state index contributed by atoms with van der Waals surface area (Å²) >= 11 is 0. The predicted molar refractivity (Wildman–Crippen MR) is 59.5 cm³/mol. The maximum atomic E-state index is 8.87. The van der Waals surface area contributed by atoms with Crippen molar-refractivity contribution in [1.29, 1.82) is 5.26 Å². The van der Waals surface area contributed by atoms with Gasteiger partial charge >= 0.3 is 0 Å². The second-order valence-corrected chi connectivity index (χ2v) is 3.98. The van der Waals surface area contributed by atoms with E-state index < -0.39 is 0 Å². The first-order valence-corrected chi connectivity index (χ1v) is 5.68. The standard InChI is InChI=1S/C11H21N3O/c1-3-13-10(8-12)4-6-14-7-5-11(9-14)15-2/h10-11,13H,3-7,9H2,1-2H3. The molecule has 2 unspecified atom stereocenters. The molecule has 1 heterocycles. The lowest BCUT2D eigenvalue weighted by Crippen LogP contribution is -2.33. The van der Waals surface area contributed by atoms with E-state index in [9.17, 15) is 0 Å².